The molecule has 0 amide bonds. The van der Waals surface area contributed by atoms with Gasteiger partial charge in [-0.3, -0.25) is 0 Å². The number of aromatic amines is 1. The molecule has 0 aliphatic rings. The number of aryl methyl sites for hydroxylation is 1. The summed E-state index contributed by atoms with van der Waals surface area (Å²) in [7, 11) is 1.93. The summed E-state index contributed by atoms with van der Waals surface area (Å²) in [4.78, 5) is 9.15. The molecule has 6 heteroatoms. The topological polar surface area (TPSA) is 68.6 Å². The molecule has 0 bridgehead atoms. The fourth-order valence-corrected chi connectivity index (χ4v) is 2.23. The van der Waals surface area contributed by atoms with Gasteiger partial charge in [-0.2, -0.15) is 9.64 Å². The van der Waals surface area contributed by atoms with Crippen LogP contribution in [0.3, 0.4) is 0 Å². The Morgan fingerprint density at radius 1 is 1.62 bits per heavy atom. The van der Waals surface area contributed by atoms with Crippen molar-refractivity contribution in [1.29, 1.82) is 5.26 Å². The van der Waals surface area contributed by atoms with Crippen LogP contribution < -0.4 is 4.90 Å². The Morgan fingerprint density at radius 2 is 2.44 bits per heavy atom. The van der Waals surface area contributed by atoms with Gasteiger partial charge < -0.3 is 9.88 Å². The third-order valence-electron chi connectivity index (χ3n) is 2.25. The largest absolute Gasteiger partial charge is 0.357 e. The first-order valence-corrected chi connectivity index (χ1v) is 5.55. The summed E-state index contributed by atoms with van der Waals surface area (Å²) in [5.41, 5.74) is 1.44. The molecule has 16 heavy (non-hydrogen) atoms. The van der Waals surface area contributed by atoms with Crippen LogP contribution in [0, 0.1) is 18.3 Å². The minimum absolute atomic E-state index is 0.642. The Hall–Kier alpha value is -1.87. The standard InChI is InChI=1S/C10H11N5S/c1-7-8(5-11)10(16-14-7)15(2)6-9-12-3-4-13-9/h3-4H,6H2,1-2H3,(H,12,13). The van der Waals surface area contributed by atoms with Gasteiger partial charge in [-0.1, -0.05) is 0 Å². The van der Waals surface area contributed by atoms with Crippen molar-refractivity contribution in [3.05, 3.63) is 29.5 Å². The van der Waals surface area contributed by atoms with E-state index in [4.69, 9.17) is 5.26 Å². The van der Waals surface area contributed by atoms with Crippen LogP contribution in [0.25, 0.3) is 0 Å². The van der Waals surface area contributed by atoms with Crippen LogP contribution in [0.2, 0.25) is 0 Å². The molecule has 0 aromatic carbocycles. The molecule has 2 heterocycles. The molecule has 0 fully saturated rings. The molecule has 5 nitrogen and oxygen atoms in total. The number of hydrogen-bond donors (Lipinski definition) is 1. The molecular weight excluding hydrogens is 222 g/mol. The highest BCUT2D eigenvalue weighted by Gasteiger charge is 2.14. The molecule has 82 valence electrons. The number of nitrogens with zero attached hydrogens (tertiary/aromatic N) is 4. The van der Waals surface area contributed by atoms with E-state index in [0.717, 1.165) is 16.5 Å². The summed E-state index contributed by atoms with van der Waals surface area (Å²) >= 11 is 1.34. The summed E-state index contributed by atoms with van der Waals surface area (Å²) in [5.74, 6) is 0.873. The van der Waals surface area contributed by atoms with Crippen molar-refractivity contribution in [3.63, 3.8) is 0 Å². The normalized spacial score (nSPS) is 10.1. The van der Waals surface area contributed by atoms with Crippen LogP contribution in [0.1, 0.15) is 17.1 Å². The first-order valence-electron chi connectivity index (χ1n) is 4.78. The Labute approximate surface area is 97.5 Å². The predicted octanol–water partition coefficient (Wildman–Crippen LogP) is 1.68. The molecule has 0 saturated carbocycles. The molecule has 0 spiro atoms. The van der Waals surface area contributed by atoms with Gasteiger partial charge in [0, 0.05) is 19.4 Å². The highest BCUT2D eigenvalue weighted by Crippen LogP contribution is 2.27. The second-order valence-corrected chi connectivity index (χ2v) is 4.20. The zero-order valence-electron chi connectivity index (χ0n) is 9.06. The maximum Gasteiger partial charge on any atom is 0.130 e. The average molecular weight is 233 g/mol. The van der Waals surface area contributed by atoms with E-state index in [9.17, 15) is 0 Å². The van der Waals surface area contributed by atoms with Gasteiger partial charge in [0.15, 0.2) is 0 Å². The van der Waals surface area contributed by atoms with Crippen LogP contribution in [0.15, 0.2) is 12.4 Å². The van der Waals surface area contributed by atoms with Gasteiger partial charge in [-0.15, -0.1) is 0 Å². The maximum absolute atomic E-state index is 9.03. The lowest BCUT2D eigenvalue weighted by molar-refractivity contribution is 0.866. The van der Waals surface area contributed by atoms with Crippen molar-refractivity contribution >= 4 is 16.5 Å². The van der Waals surface area contributed by atoms with Crippen molar-refractivity contribution in [2.75, 3.05) is 11.9 Å². The Kier molecular flexibility index (Phi) is 2.88. The first kappa shape index (κ1) is 10.6. The molecule has 0 saturated heterocycles. The van der Waals surface area contributed by atoms with Gasteiger partial charge in [0.25, 0.3) is 0 Å². The summed E-state index contributed by atoms with van der Waals surface area (Å²) < 4.78 is 4.18. The zero-order valence-corrected chi connectivity index (χ0v) is 9.88. The fraction of sp³-hybridized carbons (Fsp3) is 0.300. The lowest BCUT2D eigenvalue weighted by Gasteiger charge is -2.15. The monoisotopic (exact) mass is 233 g/mol. The molecule has 0 radical (unpaired) electrons. The average Bonchev–Trinajstić information content (AvgIpc) is 2.87. The van der Waals surface area contributed by atoms with E-state index >= 15 is 0 Å². The first-order chi connectivity index (χ1) is 7.72. The van der Waals surface area contributed by atoms with Crippen LogP contribution in [-0.2, 0) is 6.54 Å². The number of anilines is 1. The number of nitrogens with one attached hydrogen (secondary N) is 1. The number of imidazole rings is 1. The molecule has 1 N–H and O–H groups in total. The maximum atomic E-state index is 9.03. The molecule has 0 aliphatic carbocycles. The Balaban J connectivity index is 2.21. The van der Waals surface area contributed by atoms with E-state index in [1.54, 1.807) is 12.4 Å². The highest BCUT2D eigenvalue weighted by atomic mass is 32.1. The predicted molar refractivity (Wildman–Crippen MR) is 62.3 cm³/mol. The zero-order chi connectivity index (χ0) is 11.5. The highest BCUT2D eigenvalue weighted by molar-refractivity contribution is 7.10. The van der Waals surface area contributed by atoms with Crippen LogP contribution in [0.5, 0.6) is 0 Å². The third kappa shape index (κ3) is 1.90. The quantitative estimate of drug-likeness (QED) is 0.875. The van der Waals surface area contributed by atoms with E-state index in [1.165, 1.54) is 11.5 Å². The van der Waals surface area contributed by atoms with Crippen LogP contribution in [0.4, 0.5) is 5.00 Å². The number of aromatic nitrogens is 3. The van der Waals surface area contributed by atoms with Gasteiger partial charge in [0.2, 0.25) is 0 Å². The Morgan fingerprint density at radius 3 is 3.06 bits per heavy atom. The third-order valence-corrected chi connectivity index (χ3v) is 3.30. The van der Waals surface area contributed by atoms with E-state index < -0.39 is 0 Å². The van der Waals surface area contributed by atoms with Gasteiger partial charge >= 0.3 is 0 Å². The van der Waals surface area contributed by atoms with E-state index in [-0.39, 0.29) is 0 Å². The molecule has 0 unspecified atom stereocenters. The lowest BCUT2D eigenvalue weighted by Crippen LogP contribution is -2.17. The van der Waals surface area contributed by atoms with Gasteiger partial charge in [-0.25, -0.2) is 4.98 Å². The van der Waals surface area contributed by atoms with E-state index in [0.29, 0.717) is 12.1 Å². The molecule has 2 rings (SSSR count). The van der Waals surface area contributed by atoms with E-state index in [1.807, 2.05) is 18.9 Å². The molecular formula is C10H11N5S. The van der Waals surface area contributed by atoms with Crippen molar-refractivity contribution in [2.24, 2.45) is 0 Å². The van der Waals surface area contributed by atoms with Crippen molar-refractivity contribution < 1.29 is 0 Å². The number of H-pyrrole nitrogens is 1. The van der Waals surface area contributed by atoms with Crippen molar-refractivity contribution in [3.8, 4) is 6.07 Å². The molecule has 0 atom stereocenters. The van der Waals surface area contributed by atoms with E-state index in [2.05, 4.69) is 20.4 Å². The fourth-order valence-electron chi connectivity index (χ4n) is 1.43. The summed E-state index contributed by atoms with van der Waals surface area (Å²) in [6.45, 7) is 2.49. The molecule has 0 aliphatic heterocycles. The number of rotatable bonds is 3. The van der Waals surface area contributed by atoms with Crippen molar-refractivity contribution in [1.82, 2.24) is 14.3 Å². The minimum atomic E-state index is 0.642. The Bertz CT molecular complexity index is 508. The molecule has 2 aromatic heterocycles. The summed E-state index contributed by atoms with van der Waals surface area (Å²) in [6.07, 6.45) is 3.50. The lowest BCUT2D eigenvalue weighted by atomic mass is 10.2. The van der Waals surface area contributed by atoms with Crippen LogP contribution >= 0.6 is 11.5 Å². The smallest absolute Gasteiger partial charge is 0.130 e. The van der Waals surface area contributed by atoms with Crippen LogP contribution in [-0.4, -0.2) is 21.4 Å². The summed E-state index contributed by atoms with van der Waals surface area (Å²) in [6, 6.07) is 2.18. The summed E-state index contributed by atoms with van der Waals surface area (Å²) in [5, 5.41) is 9.92. The van der Waals surface area contributed by atoms with Gasteiger partial charge in [0.05, 0.1) is 12.2 Å². The van der Waals surface area contributed by atoms with Crippen molar-refractivity contribution in [2.45, 2.75) is 13.5 Å². The second-order valence-electron chi connectivity index (χ2n) is 3.45. The number of nitriles is 1. The SMILES string of the molecule is Cc1nsc(N(C)Cc2ncc[nH]2)c1C#N. The van der Waals surface area contributed by atoms with Gasteiger partial charge in [0.1, 0.15) is 22.5 Å². The molecule has 2 aromatic rings. The second kappa shape index (κ2) is 4.33. The van der Waals surface area contributed by atoms with Gasteiger partial charge in [-0.05, 0) is 18.5 Å². The number of hydrogen-bond acceptors (Lipinski definition) is 5. The minimum Gasteiger partial charge on any atom is -0.357 e.